The van der Waals surface area contributed by atoms with Gasteiger partial charge in [-0.05, 0) is 12.1 Å². The predicted octanol–water partition coefficient (Wildman–Crippen LogP) is 3.60. The number of thiophene rings is 1. The van der Waals surface area contributed by atoms with Crippen molar-refractivity contribution >= 4 is 49.5 Å². The highest BCUT2D eigenvalue weighted by Gasteiger charge is 2.37. The molecule has 4 rings (SSSR count). The molecule has 0 aromatic carbocycles. The van der Waals surface area contributed by atoms with Gasteiger partial charge in [-0.2, -0.15) is 18.3 Å². The zero-order valence-corrected chi connectivity index (χ0v) is 17.5. The Bertz CT molecular complexity index is 1240. The third kappa shape index (κ3) is 3.71. The molecule has 12 heteroatoms. The van der Waals surface area contributed by atoms with Crippen LogP contribution in [-0.4, -0.2) is 43.8 Å². The molecule has 0 saturated carbocycles. The predicted molar refractivity (Wildman–Crippen MR) is 110 cm³/mol. The molecule has 4 aromatic heterocycles. The minimum Gasteiger partial charge on any atom is -0.611 e. The highest BCUT2D eigenvalue weighted by molar-refractivity contribution is 7.93. The average Bonchev–Trinajstić information content (AvgIpc) is 3.23. The lowest BCUT2D eigenvalue weighted by Crippen LogP contribution is -2.12. The monoisotopic (exact) mass is 455 g/mol. The molecule has 4 aromatic rings. The molecular formula is C18H16F3N5O2S2. The molecule has 4 heterocycles. The van der Waals surface area contributed by atoms with Gasteiger partial charge in [-0.3, -0.25) is 4.68 Å². The highest BCUT2D eigenvalue weighted by Crippen LogP contribution is 2.45. The summed E-state index contributed by atoms with van der Waals surface area (Å²) in [5.74, 6) is 0.128. The number of aryl methyl sites for hydroxylation is 1. The summed E-state index contributed by atoms with van der Waals surface area (Å²) in [6.07, 6.45) is -1.52. The number of nitrogens with zero attached hydrogens (tertiary/aromatic N) is 4. The number of methoxy groups -OCH3 is 1. The third-order valence-corrected chi connectivity index (χ3v) is 7.29. The third-order valence-electron chi connectivity index (χ3n) is 4.42. The zero-order chi connectivity index (χ0) is 21.6. The molecule has 0 unspecified atom stereocenters. The van der Waals surface area contributed by atoms with Gasteiger partial charge in [0.1, 0.15) is 16.3 Å². The van der Waals surface area contributed by atoms with Gasteiger partial charge in [0.2, 0.25) is 4.21 Å². The topological polar surface area (TPSA) is 102 Å². The molecule has 0 aliphatic carbocycles. The van der Waals surface area contributed by atoms with Crippen LogP contribution in [0.25, 0.3) is 32.5 Å². The molecule has 0 radical (unpaired) electrons. The summed E-state index contributed by atoms with van der Waals surface area (Å²) in [6, 6.07) is 2.63. The first-order valence-electron chi connectivity index (χ1n) is 8.66. The van der Waals surface area contributed by atoms with Gasteiger partial charge in [0.15, 0.2) is 5.65 Å². The summed E-state index contributed by atoms with van der Waals surface area (Å²) >= 11 is -0.691. The van der Waals surface area contributed by atoms with Crippen LogP contribution >= 0.6 is 11.3 Å². The zero-order valence-electron chi connectivity index (χ0n) is 15.9. The SMILES string of the molecule is COCC[S@+]([O-])c1sc2nc(-c3cnc4nn(C)cc4c3)cc(C(F)(F)F)c2c1N. The number of hydrogen-bond donors (Lipinski definition) is 1. The number of halogens is 3. The molecular weight excluding hydrogens is 439 g/mol. The van der Waals surface area contributed by atoms with Gasteiger partial charge < -0.3 is 15.0 Å². The molecule has 0 aliphatic heterocycles. The molecule has 0 spiro atoms. The second-order valence-electron chi connectivity index (χ2n) is 6.52. The van der Waals surface area contributed by atoms with E-state index in [1.165, 1.54) is 13.3 Å². The number of pyridine rings is 2. The summed E-state index contributed by atoms with van der Waals surface area (Å²) < 4.78 is 60.7. The molecule has 158 valence electrons. The molecule has 1 atom stereocenters. The van der Waals surface area contributed by atoms with Crippen molar-refractivity contribution < 1.29 is 22.5 Å². The minimum atomic E-state index is -4.66. The number of rotatable bonds is 5. The van der Waals surface area contributed by atoms with E-state index in [4.69, 9.17) is 10.5 Å². The van der Waals surface area contributed by atoms with Crippen LogP contribution in [0.1, 0.15) is 5.56 Å². The van der Waals surface area contributed by atoms with Crippen LogP contribution in [0.5, 0.6) is 0 Å². The Morgan fingerprint density at radius 2 is 2.10 bits per heavy atom. The summed E-state index contributed by atoms with van der Waals surface area (Å²) in [7, 11) is 3.18. The van der Waals surface area contributed by atoms with E-state index in [9.17, 15) is 17.7 Å². The average molecular weight is 455 g/mol. The van der Waals surface area contributed by atoms with Gasteiger partial charge in [-0.25, -0.2) is 9.97 Å². The Morgan fingerprint density at radius 3 is 2.80 bits per heavy atom. The van der Waals surface area contributed by atoms with Crippen molar-refractivity contribution in [3.8, 4) is 11.3 Å². The summed E-state index contributed by atoms with van der Waals surface area (Å²) in [4.78, 5) is 8.65. The van der Waals surface area contributed by atoms with E-state index >= 15 is 0 Å². The van der Waals surface area contributed by atoms with Gasteiger partial charge >= 0.3 is 6.18 Å². The van der Waals surface area contributed by atoms with E-state index in [1.54, 1.807) is 24.0 Å². The Labute approximate surface area is 175 Å². The maximum atomic E-state index is 13.9. The van der Waals surface area contributed by atoms with E-state index in [0.717, 1.165) is 17.4 Å². The van der Waals surface area contributed by atoms with Gasteiger partial charge in [-0.1, -0.05) is 11.3 Å². The summed E-state index contributed by atoms with van der Waals surface area (Å²) in [5.41, 5.74) is 5.91. The molecule has 0 saturated heterocycles. The second-order valence-corrected chi connectivity index (χ2v) is 9.28. The normalized spacial score (nSPS) is 13.4. The van der Waals surface area contributed by atoms with Crippen molar-refractivity contribution in [3.63, 3.8) is 0 Å². The summed E-state index contributed by atoms with van der Waals surface area (Å²) in [5, 5.41) is 4.61. The van der Waals surface area contributed by atoms with Gasteiger partial charge in [0.25, 0.3) is 0 Å². The van der Waals surface area contributed by atoms with Crippen molar-refractivity contribution in [2.75, 3.05) is 25.2 Å². The van der Waals surface area contributed by atoms with E-state index in [-0.39, 0.29) is 38.2 Å². The molecule has 0 amide bonds. The quantitative estimate of drug-likeness (QED) is 0.462. The number of nitrogens with two attached hydrogens (primary N) is 1. The smallest absolute Gasteiger partial charge is 0.417 e. The number of ether oxygens (including phenoxy) is 1. The van der Waals surface area contributed by atoms with Crippen molar-refractivity contribution in [3.05, 3.63) is 30.1 Å². The van der Waals surface area contributed by atoms with Crippen molar-refractivity contribution in [2.45, 2.75) is 10.4 Å². The van der Waals surface area contributed by atoms with Crippen LogP contribution in [0.3, 0.4) is 0 Å². The first-order valence-corrected chi connectivity index (χ1v) is 10.8. The number of anilines is 1. The Kier molecular flexibility index (Phi) is 5.34. The van der Waals surface area contributed by atoms with Crippen LogP contribution in [0.15, 0.2) is 28.7 Å². The maximum absolute atomic E-state index is 13.9. The van der Waals surface area contributed by atoms with E-state index in [0.29, 0.717) is 16.6 Å². The molecule has 0 bridgehead atoms. The van der Waals surface area contributed by atoms with Crippen molar-refractivity contribution in [1.82, 2.24) is 19.7 Å². The largest absolute Gasteiger partial charge is 0.611 e. The maximum Gasteiger partial charge on any atom is 0.417 e. The van der Waals surface area contributed by atoms with Crippen LogP contribution < -0.4 is 5.73 Å². The van der Waals surface area contributed by atoms with Gasteiger partial charge in [0, 0.05) is 48.7 Å². The fourth-order valence-corrected chi connectivity index (χ4v) is 5.63. The van der Waals surface area contributed by atoms with Crippen LogP contribution in [0, 0.1) is 0 Å². The molecule has 0 fully saturated rings. The fourth-order valence-electron chi connectivity index (χ4n) is 3.07. The Hall–Kier alpha value is -2.41. The Morgan fingerprint density at radius 1 is 1.33 bits per heavy atom. The number of alkyl halides is 3. The van der Waals surface area contributed by atoms with E-state index in [2.05, 4.69) is 15.1 Å². The van der Waals surface area contributed by atoms with Crippen LogP contribution in [-0.2, 0) is 29.1 Å². The van der Waals surface area contributed by atoms with Crippen molar-refractivity contribution in [1.29, 1.82) is 0 Å². The van der Waals surface area contributed by atoms with Crippen LogP contribution in [0.2, 0.25) is 0 Å². The van der Waals surface area contributed by atoms with Crippen LogP contribution in [0.4, 0.5) is 18.9 Å². The lowest BCUT2D eigenvalue weighted by atomic mass is 10.1. The number of aromatic nitrogens is 4. The Balaban J connectivity index is 1.90. The molecule has 7 nitrogen and oxygen atoms in total. The fraction of sp³-hybridized carbons (Fsp3) is 0.278. The lowest BCUT2D eigenvalue weighted by molar-refractivity contribution is -0.136. The van der Waals surface area contributed by atoms with Gasteiger partial charge in [-0.15, -0.1) is 0 Å². The molecule has 2 N–H and O–H groups in total. The number of nitrogen functional groups attached to an aromatic ring is 1. The van der Waals surface area contributed by atoms with E-state index in [1.807, 2.05) is 0 Å². The highest BCUT2D eigenvalue weighted by atomic mass is 32.2. The molecule has 0 aliphatic rings. The lowest BCUT2D eigenvalue weighted by Gasteiger charge is -2.11. The number of hydrogen-bond acceptors (Lipinski definition) is 7. The van der Waals surface area contributed by atoms with Crippen molar-refractivity contribution in [2.24, 2.45) is 7.05 Å². The standard InChI is InChI=1S/C18H16F3N5O2S2/c1-26-8-10-5-9(7-23-15(10)25-26)12-6-11(18(19,20)21)13-14(22)17(29-16(13)24-12)30(27)4-3-28-2/h5-8H,3-4,22H2,1-2H3/t30-/m0/s1. The van der Waals surface area contributed by atoms with Gasteiger partial charge in [0.05, 0.1) is 23.3 Å². The van der Waals surface area contributed by atoms with E-state index < -0.39 is 22.9 Å². The summed E-state index contributed by atoms with van der Waals surface area (Å²) in [6.45, 7) is 0.196. The first-order chi connectivity index (χ1) is 14.2. The minimum absolute atomic E-state index is 0.0735. The number of fused-ring (bicyclic) bond motifs is 2. The molecule has 30 heavy (non-hydrogen) atoms. The first kappa shape index (κ1) is 20.8. The second kappa shape index (κ2) is 7.69.